The lowest BCUT2D eigenvalue weighted by Crippen LogP contribution is -2.59. The highest BCUT2D eigenvalue weighted by atomic mass is 16.5. The monoisotopic (exact) mass is 797 g/mol. The second-order valence-corrected chi connectivity index (χ2v) is 14.5. The zero-order chi connectivity index (χ0) is 41.7. The smallest absolute Gasteiger partial charge is 0.326 e. The number of amides is 4. The quantitative estimate of drug-likeness (QED) is 0.0768. The van der Waals surface area contributed by atoms with Crippen LogP contribution in [0.1, 0.15) is 41.5 Å². The van der Waals surface area contributed by atoms with Gasteiger partial charge in [-0.25, -0.2) is 4.79 Å². The minimum absolute atomic E-state index is 0.0143. The normalized spacial score (nSPS) is 19.6. The standard InChI is InChI=1S/C46H47N5O8/c1-29(33-19-21-36(51-58)22-20-33)42-45(55)48-39(26-31-12-17-35(18-13-31)34-10-6-3-7-11-34)44(54)47-38(25-16-30-8-4-2-5-9-30)43(53)49-40(46(56)57)27-32-14-23-37(24-15-32)59-28-41(52)50-42/h2-15,17-24,29,38-40,42,51,58H,16,25-28H2,1H3,(H,47,54)(H,48,55)(H,49,53)(H,50,52)(H,56,57). The van der Waals surface area contributed by atoms with Crippen molar-refractivity contribution in [2.75, 3.05) is 12.1 Å². The van der Waals surface area contributed by atoms with Crippen LogP contribution in [0.4, 0.5) is 5.69 Å². The highest BCUT2D eigenvalue weighted by Crippen LogP contribution is 2.24. The Balaban J connectivity index is 1.36. The number of aliphatic carboxylic acids is 1. The predicted octanol–water partition coefficient (Wildman–Crippen LogP) is 4.79. The molecule has 0 aliphatic carbocycles. The van der Waals surface area contributed by atoms with Crippen LogP contribution in [-0.2, 0) is 43.2 Å². The van der Waals surface area contributed by atoms with Crippen LogP contribution < -0.4 is 31.5 Å². The van der Waals surface area contributed by atoms with Crippen LogP contribution in [0, 0.1) is 0 Å². The fourth-order valence-electron chi connectivity index (χ4n) is 6.93. The van der Waals surface area contributed by atoms with E-state index in [2.05, 4.69) is 26.7 Å². The first-order valence-corrected chi connectivity index (χ1v) is 19.4. The van der Waals surface area contributed by atoms with Crippen LogP contribution in [0.15, 0.2) is 133 Å². The number of carboxylic acids is 1. The maximum atomic E-state index is 14.5. The van der Waals surface area contributed by atoms with Crippen LogP contribution >= 0.6 is 0 Å². The van der Waals surface area contributed by atoms with Gasteiger partial charge in [-0.1, -0.05) is 116 Å². The molecule has 2 bridgehead atoms. The summed E-state index contributed by atoms with van der Waals surface area (Å²) in [6.07, 6.45) is 0.460. The molecule has 0 saturated carbocycles. The number of ether oxygens (including phenoxy) is 1. The summed E-state index contributed by atoms with van der Waals surface area (Å²) in [5.41, 5.74) is 7.30. The van der Waals surface area contributed by atoms with Crippen LogP contribution in [-0.4, -0.2) is 70.7 Å². The lowest BCUT2D eigenvalue weighted by molar-refractivity contribution is -0.142. The number of rotatable bonds is 10. The Morgan fingerprint density at radius 2 is 1.31 bits per heavy atom. The number of carbonyl (C=O) groups excluding carboxylic acids is 4. The second-order valence-electron chi connectivity index (χ2n) is 14.5. The number of hydrogen-bond donors (Lipinski definition) is 7. The van der Waals surface area contributed by atoms with Crippen LogP contribution in [0.2, 0.25) is 0 Å². The van der Waals surface area contributed by atoms with Crippen molar-refractivity contribution in [3.8, 4) is 16.9 Å². The van der Waals surface area contributed by atoms with Gasteiger partial charge in [0.2, 0.25) is 17.7 Å². The van der Waals surface area contributed by atoms with Gasteiger partial charge in [-0.15, -0.1) is 0 Å². The van der Waals surface area contributed by atoms with E-state index in [1.54, 1.807) is 55.5 Å². The largest absolute Gasteiger partial charge is 0.484 e. The Kier molecular flexibility index (Phi) is 14.1. The van der Waals surface area contributed by atoms with E-state index in [1.807, 2.05) is 84.9 Å². The molecule has 13 heteroatoms. The molecule has 0 fully saturated rings. The number of nitrogens with one attached hydrogen (secondary N) is 5. The Hall–Kier alpha value is -6.99. The predicted molar refractivity (Wildman–Crippen MR) is 222 cm³/mol. The van der Waals surface area contributed by atoms with Gasteiger partial charge in [0.05, 0.1) is 5.69 Å². The summed E-state index contributed by atoms with van der Waals surface area (Å²) in [6.45, 7) is 1.30. The second kappa shape index (κ2) is 19.9. The van der Waals surface area contributed by atoms with Crippen molar-refractivity contribution < 1.29 is 39.0 Å². The molecule has 304 valence electrons. The van der Waals surface area contributed by atoms with Gasteiger partial charge in [-0.2, -0.15) is 0 Å². The fraction of sp³-hybridized carbons (Fsp3) is 0.239. The van der Waals surface area contributed by atoms with Crippen LogP contribution in [0.25, 0.3) is 11.1 Å². The molecular weight excluding hydrogens is 751 g/mol. The van der Waals surface area contributed by atoms with Gasteiger partial charge in [0, 0.05) is 18.8 Å². The average molecular weight is 798 g/mol. The van der Waals surface area contributed by atoms with E-state index in [0.29, 0.717) is 34.5 Å². The molecule has 13 nitrogen and oxygen atoms in total. The van der Waals surface area contributed by atoms with Crippen molar-refractivity contribution in [3.05, 3.63) is 156 Å². The van der Waals surface area contributed by atoms with Crippen molar-refractivity contribution in [1.29, 1.82) is 0 Å². The van der Waals surface area contributed by atoms with Crippen LogP contribution in [0.5, 0.6) is 5.75 Å². The number of anilines is 1. The van der Waals surface area contributed by atoms with Crippen molar-refractivity contribution in [2.45, 2.75) is 62.7 Å². The molecule has 7 rings (SSSR count). The van der Waals surface area contributed by atoms with Crippen LogP contribution in [0.3, 0.4) is 0 Å². The van der Waals surface area contributed by atoms with Gasteiger partial charge in [-0.05, 0) is 70.5 Å². The fourth-order valence-corrected chi connectivity index (χ4v) is 6.93. The maximum absolute atomic E-state index is 14.5. The Labute approximate surface area is 342 Å². The lowest BCUT2D eigenvalue weighted by Gasteiger charge is -2.28. The molecule has 59 heavy (non-hydrogen) atoms. The summed E-state index contributed by atoms with van der Waals surface area (Å²) in [4.78, 5) is 68.8. The summed E-state index contributed by atoms with van der Waals surface area (Å²) < 4.78 is 5.73. The molecule has 0 aromatic heterocycles. The number of fused-ring (bicyclic) bond motifs is 16. The summed E-state index contributed by atoms with van der Waals surface area (Å²) in [5, 5.41) is 30.6. The highest BCUT2D eigenvalue weighted by Gasteiger charge is 2.34. The summed E-state index contributed by atoms with van der Waals surface area (Å²) in [5.74, 6) is -4.23. The average Bonchev–Trinajstić information content (AvgIpc) is 3.26. The van der Waals surface area contributed by atoms with Gasteiger partial charge in [0.15, 0.2) is 6.61 Å². The number of hydrogen-bond acceptors (Lipinski definition) is 8. The summed E-state index contributed by atoms with van der Waals surface area (Å²) in [7, 11) is 0. The molecule has 4 amide bonds. The van der Waals surface area contributed by atoms with Crippen molar-refractivity contribution in [1.82, 2.24) is 21.3 Å². The van der Waals surface area contributed by atoms with E-state index >= 15 is 0 Å². The van der Waals surface area contributed by atoms with Gasteiger partial charge in [0.25, 0.3) is 5.91 Å². The Morgan fingerprint density at radius 3 is 1.95 bits per heavy atom. The molecule has 5 aromatic rings. The zero-order valence-corrected chi connectivity index (χ0v) is 32.5. The van der Waals surface area contributed by atoms with E-state index in [9.17, 15) is 34.3 Å². The molecule has 7 N–H and O–H groups in total. The first-order valence-electron chi connectivity index (χ1n) is 19.4. The topological polar surface area (TPSA) is 195 Å². The molecule has 0 saturated heterocycles. The highest BCUT2D eigenvalue weighted by molar-refractivity contribution is 5.95. The van der Waals surface area contributed by atoms with Crippen molar-refractivity contribution >= 4 is 35.3 Å². The molecule has 2 heterocycles. The molecule has 0 spiro atoms. The number of carboxylic acid groups (broad SMARTS) is 1. The third kappa shape index (κ3) is 11.5. The van der Waals surface area contributed by atoms with Crippen molar-refractivity contribution in [2.24, 2.45) is 0 Å². The minimum Gasteiger partial charge on any atom is -0.484 e. The number of carbonyl (C=O) groups is 5. The molecule has 5 aromatic carbocycles. The zero-order valence-electron chi connectivity index (χ0n) is 32.5. The van der Waals surface area contributed by atoms with E-state index in [0.717, 1.165) is 16.7 Å². The first-order chi connectivity index (χ1) is 28.6. The lowest BCUT2D eigenvalue weighted by atomic mass is 9.91. The van der Waals surface area contributed by atoms with Gasteiger partial charge in [0.1, 0.15) is 29.9 Å². The molecule has 2 aliphatic rings. The Bertz CT molecular complexity index is 2200. The molecule has 2 aliphatic heterocycles. The van der Waals surface area contributed by atoms with Gasteiger partial charge >= 0.3 is 5.97 Å². The molecule has 5 unspecified atom stereocenters. The number of aryl methyl sites for hydroxylation is 1. The van der Waals surface area contributed by atoms with E-state index in [1.165, 1.54) is 0 Å². The van der Waals surface area contributed by atoms with E-state index in [4.69, 9.17) is 4.74 Å². The van der Waals surface area contributed by atoms with Gasteiger partial charge < -0.3 is 31.1 Å². The molecule has 5 atom stereocenters. The number of benzene rings is 5. The Morgan fingerprint density at radius 1 is 0.695 bits per heavy atom. The summed E-state index contributed by atoms with van der Waals surface area (Å²) >= 11 is 0. The SMILES string of the molecule is CC(c1ccc(NO)cc1)C1NC(=O)COc2ccc(cc2)CC(C(=O)O)NC(=O)C(CCc2ccccc2)NC(=O)C(Cc2ccc(-c3ccccc3)cc2)NC1=O. The molecule has 0 radical (unpaired) electrons. The van der Waals surface area contributed by atoms with Crippen molar-refractivity contribution in [3.63, 3.8) is 0 Å². The molecular formula is C46H47N5O8. The summed E-state index contributed by atoms with van der Waals surface area (Å²) in [6, 6.07) is 34.8. The first kappa shape index (κ1) is 41.6. The third-order valence-electron chi connectivity index (χ3n) is 10.3. The van der Waals surface area contributed by atoms with E-state index < -0.39 is 66.3 Å². The van der Waals surface area contributed by atoms with Gasteiger partial charge in [-0.3, -0.25) is 29.9 Å². The maximum Gasteiger partial charge on any atom is 0.326 e. The van der Waals surface area contributed by atoms with E-state index in [-0.39, 0.29) is 19.3 Å². The minimum atomic E-state index is -1.33. The third-order valence-corrected chi connectivity index (χ3v) is 10.3.